The number of rotatable bonds is 2. The Morgan fingerprint density at radius 3 is 2.62 bits per heavy atom. The molecular weight excluding hydrogens is 388 g/mol. The van der Waals surface area contributed by atoms with Crippen LogP contribution < -0.4 is 9.80 Å². The number of urea groups is 1. The number of anilines is 2. The number of fused-ring (bicyclic) bond motifs is 1. The molecule has 7 heteroatoms. The molecule has 152 valence electrons. The second-order valence-electron chi connectivity index (χ2n) is 7.44. The van der Waals surface area contributed by atoms with Crippen LogP contribution in [0.3, 0.4) is 0 Å². The van der Waals surface area contributed by atoms with Crippen molar-refractivity contribution in [3.63, 3.8) is 0 Å². The zero-order chi connectivity index (χ0) is 20.4. The number of amides is 2. The van der Waals surface area contributed by atoms with E-state index in [1.807, 2.05) is 19.1 Å². The lowest BCUT2D eigenvalue weighted by atomic mass is 10.0. The van der Waals surface area contributed by atoms with Crippen LogP contribution >= 0.6 is 11.6 Å². The van der Waals surface area contributed by atoms with E-state index in [1.165, 1.54) is 11.3 Å². The molecule has 0 aromatic heterocycles. The maximum Gasteiger partial charge on any atom is 0.344 e. The molecule has 29 heavy (non-hydrogen) atoms. The molecule has 1 fully saturated rings. The summed E-state index contributed by atoms with van der Waals surface area (Å²) in [6.45, 7) is 5.35. The summed E-state index contributed by atoms with van der Waals surface area (Å²) in [4.78, 5) is 17.0. The molecular formula is C22H25ClN4O2. The van der Waals surface area contributed by atoms with Crippen molar-refractivity contribution >= 4 is 35.2 Å². The highest BCUT2D eigenvalue weighted by atomic mass is 35.5. The van der Waals surface area contributed by atoms with Gasteiger partial charge in [-0.3, -0.25) is 4.90 Å². The van der Waals surface area contributed by atoms with Crippen LogP contribution in [0.4, 0.5) is 16.2 Å². The highest BCUT2D eigenvalue weighted by Gasteiger charge is 2.27. The van der Waals surface area contributed by atoms with Gasteiger partial charge in [-0.2, -0.15) is 5.10 Å². The first-order chi connectivity index (χ1) is 14.0. The number of carbonyl (C=O) groups is 1. The number of ether oxygens (including phenoxy) is 1. The summed E-state index contributed by atoms with van der Waals surface area (Å²) in [5, 5.41) is 6.71. The lowest BCUT2D eigenvalue weighted by Crippen LogP contribution is -2.43. The quantitative estimate of drug-likeness (QED) is 0.748. The number of halogens is 1. The summed E-state index contributed by atoms with van der Waals surface area (Å²) in [7, 11) is 1.75. The smallest absolute Gasteiger partial charge is 0.344 e. The van der Waals surface area contributed by atoms with Crippen LogP contribution in [0.25, 0.3) is 0 Å². The number of hydrazone groups is 1. The van der Waals surface area contributed by atoms with Gasteiger partial charge in [0.2, 0.25) is 0 Å². The number of benzene rings is 2. The Balaban J connectivity index is 1.53. The van der Waals surface area contributed by atoms with E-state index in [0.717, 1.165) is 44.0 Å². The third-order valence-electron chi connectivity index (χ3n) is 5.45. The summed E-state index contributed by atoms with van der Waals surface area (Å²) in [5.74, 6) is 0. The average molecular weight is 413 g/mol. The molecule has 1 unspecified atom stereocenters. The average Bonchev–Trinajstić information content (AvgIpc) is 2.91. The van der Waals surface area contributed by atoms with Gasteiger partial charge in [0.15, 0.2) is 0 Å². The molecule has 2 heterocycles. The minimum atomic E-state index is -0.169. The molecule has 2 aliphatic heterocycles. The van der Waals surface area contributed by atoms with Crippen molar-refractivity contribution in [2.45, 2.75) is 19.4 Å². The highest BCUT2D eigenvalue weighted by molar-refractivity contribution is 6.30. The van der Waals surface area contributed by atoms with Crippen molar-refractivity contribution in [2.75, 3.05) is 43.2 Å². The van der Waals surface area contributed by atoms with Crippen molar-refractivity contribution in [2.24, 2.45) is 5.10 Å². The molecule has 2 aliphatic rings. The zero-order valence-corrected chi connectivity index (χ0v) is 17.5. The van der Waals surface area contributed by atoms with E-state index < -0.39 is 0 Å². The Morgan fingerprint density at radius 2 is 1.90 bits per heavy atom. The standard InChI is InChI=1S/C22H25ClN4O2/c1-16-13-18-14-21(26-9-11-29-12-10-26)6-3-17(18)15-24-27(16)22(28)25(2)20-7-4-19(23)5-8-20/h3-8,14-16H,9-13H2,1-2H3. The Kier molecular flexibility index (Phi) is 5.74. The van der Waals surface area contributed by atoms with Crippen molar-refractivity contribution in [1.82, 2.24) is 5.01 Å². The number of carbonyl (C=O) groups excluding carboxylic acids is 1. The molecule has 0 spiro atoms. The predicted molar refractivity (Wildman–Crippen MR) is 117 cm³/mol. The van der Waals surface area contributed by atoms with Crippen LogP contribution in [-0.4, -0.2) is 56.6 Å². The summed E-state index contributed by atoms with van der Waals surface area (Å²) in [6.07, 6.45) is 2.53. The summed E-state index contributed by atoms with van der Waals surface area (Å²) >= 11 is 5.96. The monoisotopic (exact) mass is 412 g/mol. The lowest BCUT2D eigenvalue weighted by Gasteiger charge is -2.30. The van der Waals surface area contributed by atoms with Crippen LogP contribution in [0.2, 0.25) is 5.02 Å². The summed E-state index contributed by atoms with van der Waals surface area (Å²) in [5.41, 5.74) is 4.23. The molecule has 0 saturated carbocycles. The SMILES string of the molecule is CC1Cc2cc(N3CCOCC3)ccc2C=NN1C(=O)N(C)c1ccc(Cl)cc1. The molecule has 0 radical (unpaired) electrons. The highest BCUT2D eigenvalue weighted by Crippen LogP contribution is 2.25. The van der Waals surface area contributed by atoms with E-state index in [4.69, 9.17) is 16.3 Å². The van der Waals surface area contributed by atoms with Crippen LogP contribution in [0.1, 0.15) is 18.1 Å². The van der Waals surface area contributed by atoms with Crippen molar-refractivity contribution in [3.8, 4) is 0 Å². The summed E-state index contributed by atoms with van der Waals surface area (Å²) in [6, 6.07) is 13.4. The van der Waals surface area contributed by atoms with Gasteiger partial charge in [-0.15, -0.1) is 0 Å². The fourth-order valence-corrected chi connectivity index (χ4v) is 3.85. The second kappa shape index (κ2) is 8.43. The first-order valence-electron chi connectivity index (χ1n) is 9.85. The Bertz CT molecular complexity index is 910. The van der Waals surface area contributed by atoms with Gasteiger partial charge in [0.05, 0.1) is 25.5 Å². The number of morpholine rings is 1. The van der Waals surface area contributed by atoms with E-state index in [-0.39, 0.29) is 12.1 Å². The lowest BCUT2D eigenvalue weighted by molar-refractivity contribution is 0.122. The molecule has 4 rings (SSSR count). The largest absolute Gasteiger partial charge is 0.378 e. The van der Waals surface area contributed by atoms with Gasteiger partial charge in [-0.05, 0) is 60.9 Å². The number of hydrogen-bond acceptors (Lipinski definition) is 4. The number of hydrogen-bond donors (Lipinski definition) is 0. The fraction of sp³-hybridized carbons (Fsp3) is 0.364. The van der Waals surface area contributed by atoms with Gasteiger partial charge in [0.1, 0.15) is 0 Å². The van der Waals surface area contributed by atoms with Gasteiger partial charge in [-0.25, -0.2) is 9.80 Å². The molecule has 2 aromatic carbocycles. The van der Waals surface area contributed by atoms with Crippen LogP contribution in [-0.2, 0) is 11.2 Å². The van der Waals surface area contributed by atoms with E-state index in [9.17, 15) is 4.79 Å². The minimum Gasteiger partial charge on any atom is -0.378 e. The van der Waals surface area contributed by atoms with Gasteiger partial charge in [0, 0.05) is 36.5 Å². The van der Waals surface area contributed by atoms with Crippen LogP contribution in [0, 0.1) is 0 Å². The van der Waals surface area contributed by atoms with Crippen molar-refractivity contribution in [1.29, 1.82) is 0 Å². The van der Waals surface area contributed by atoms with Gasteiger partial charge >= 0.3 is 6.03 Å². The first kappa shape index (κ1) is 19.7. The van der Waals surface area contributed by atoms with E-state index in [0.29, 0.717) is 5.02 Å². The topological polar surface area (TPSA) is 48.4 Å². The maximum absolute atomic E-state index is 13.1. The summed E-state index contributed by atoms with van der Waals surface area (Å²) < 4.78 is 5.46. The molecule has 2 aromatic rings. The predicted octanol–water partition coefficient (Wildman–Crippen LogP) is 4.01. The Labute approximate surface area is 176 Å². The molecule has 1 saturated heterocycles. The van der Waals surface area contributed by atoms with E-state index in [2.05, 4.69) is 28.2 Å². The number of nitrogens with zero attached hydrogens (tertiary/aromatic N) is 4. The van der Waals surface area contributed by atoms with Crippen molar-refractivity contribution < 1.29 is 9.53 Å². The van der Waals surface area contributed by atoms with Gasteiger partial charge in [0.25, 0.3) is 0 Å². The second-order valence-corrected chi connectivity index (χ2v) is 7.88. The van der Waals surface area contributed by atoms with Gasteiger partial charge < -0.3 is 9.64 Å². The molecule has 2 amide bonds. The molecule has 0 bridgehead atoms. The third kappa shape index (κ3) is 4.23. The van der Waals surface area contributed by atoms with Crippen molar-refractivity contribution in [3.05, 3.63) is 58.6 Å². The molecule has 0 N–H and O–H groups in total. The van der Waals surface area contributed by atoms with Crippen LogP contribution in [0.15, 0.2) is 47.6 Å². The van der Waals surface area contributed by atoms with Gasteiger partial charge in [-0.1, -0.05) is 17.7 Å². The first-order valence-corrected chi connectivity index (χ1v) is 10.2. The van der Waals surface area contributed by atoms with E-state index >= 15 is 0 Å². The zero-order valence-electron chi connectivity index (χ0n) is 16.7. The van der Waals surface area contributed by atoms with E-state index in [1.54, 1.807) is 35.3 Å². The molecule has 6 nitrogen and oxygen atoms in total. The minimum absolute atomic E-state index is 0.0605. The third-order valence-corrected chi connectivity index (χ3v) is 5.71. The maximum atomic E-state index is 13.1. The Morgan fingerprint density at radius 1 is 1.17 bits per heavy atom. The fourth-order valence-electron chi connectivity index (χ4n) is 3.72. The molecule has 1 atom stereocenters. The molecule has 0 aliphatic carbocycles. The Hall–Kier alpha value is -2.57. The normalized spacial score (nSPS) is 18.9. The van der Waals surface area contributed by atoms with Crippen LogP contribution in [0.5, 0.6) is 0 Å².